The van der Waals surface area contributed by atoms with E-state index in [9.17, 15) is 9.59 Å². The number of nitrogens with one attached hydrogen (secondary N) is 1. The minimum Gasteiger partial charge on any atom is -0.441 e. The fourth-order valence-electron chi connectivity index (χ4n) is 2.37. The van der Waals surface area contributed by atoms with Gasteiger partial charge >= 0.3 is 6.09 Å². The zero-order chi connectivity index (χ0) is 19.3. The lowest BCUT2D eigenvalue weighted by Crippen LogP contribution is -2.31. The van der Waals surface area contributed by atoms with E-state index in [1.807, 2.05) is 31.2 Å². The van der Waals surface area contributed by atoms with E-state index in [1.54, 1.807) is 19.1 Å². The SMILES string of the molecule is C/C(N)=C(\NC(=O)OC(C)c1ccccc1C)C(=O)c1ccc(Br)cn1. The molecule has 0 radical (unpaired) electrons. The van der Waals surface area contributed by atoms with Gasteiger partial charge in [0.2, 0.25) is 5.78 Å². The van der Waals surface area contributed by atoms with Crippen molar-refractivity contribution in [2.45, 2.75) is 26.9 Å². The lowest BCUT2D eigenvalue weighted by molar-refractivity contribution is 0.0971. The molecule has 1 atom stereocenters. The lowest BCUT2D eigenvalue weighted by atomic mass is 10.1. The highest BCUT2D eigenvalue weighted by Crippen LogP contribution is 2.20. The molecule has 26 heavy (non-hydrogen) atoms. The molecule has 136 valence electrons. The fourth-order valence-corrected chi connectivity index (χ4v) is 2.61. The average Bonchev–Trinajstić information content (AvgIpc) is 2.59. The molecule has 2 aromatic rings. The molecular weight excluding hydrogens is 398 g/mol. The van der Waals surface area contributed by atoms with Crippen LogP contribution in [0.15, 0.2) is 58.5 Å². The first-order chi connectivity index (χ1) is 12.3. The Morgan fingerprint density at radius 2 is 1.92 bits per heavy atom. The molecule has 0 aliphatic heterocycles. The number of Topliss-reactive ketones (excluding diaryl/α,β-unsaturated/α-hetero) is 1. The molecule has 2 rings (SSSR count). The summed E-state index contributed by atoms with van der Waals surface area (Å²) in [6.45, 7) is 5.22. The van der Waals surface area contributed by atoms with Crippen molar-refractivity contribution in [1.82, 2.24) is 10.3 Å². The van der Waals surface area contributed by atoms with Gasteiger partial charge in [-0.1, -0.05) is 24.3 Å². The molecule has 0 saturated carbocycles. The third kappa shape index (κ3) is 4.92. The standard InChI is InChI=1S/C19H20BrN3O3/c1-11-6-4-5-7-15(11)13(3)26-19(25)23-17(12(2)21)18(24)16-9-8-14(20)10-22-16/h4-10,13H,21H2,1-3H3,(H,23,25)/b17-12+. The molecule has 1 aromatic heterocycles. The van der Waals surface area contributed by atoms with Crippen LogP contribution in [-0.2, 0) is 4.74 Å². The number of carbonyl (C=O) groups is 2. The summed E-state index contributed by atoms with van der Waals surface area (Å²) in [5.74, 6) is -0.488. The number of alkyl carbamates (subject to hydrolysis) is 1. The molecule has 1 aromatic carbocycles. The predicted octanol–water partition coefficient (Wildman–Crippen LogP) is 4.01. The summed E-state index contributed by atoms with van der Waals surface area (Å²) in [4.78, 5) is 28.8. The second-order valence-corrected chi connectivity index (χ2v) is 6.69. The number of ketones is 1. The maximum Gasteiger partial charge on any atom is 0.412 e. The maximum atomic E-state index is 12.6. The van der Waals surface area contributed by atoms with Crippen LogP contribution in [0.1, 0.15) is 41.6 Å². The number of carbonyl (C=O) groups excluding carboxylic acids is 2. The second-order valence-electron chi connectivity index (χ2n) is 5.78. The van der Waals surface area contributed by atoms with Crippen LogP contribution in [0.25, 0.3) is 0 Å². The zero-order valence-corrected chi connectivity index (χ0v) is 16.3. The number of amides is 1. The Balaban J connectivity index is 2.11. The number of hydrogen-bond donors (Lipinski definition) is 2. The Morgan fingerprint density at radius 3 is 2.50 bits per heavy atom. The van der Waals surface area contributed by atoms with Crippen molar-refractivity contribution in [3.8, 4) is 0 Å². The van der Waals surface area contributed by atoms with Gasteiger partial charge in [-0.15, -0.1) is 0 Å². The Kier molecular flexibility index (Phi) is 6.52. The number of ether oxygens (including phenoxy) is 1. The highest BCUT2D eigenvalue weighted by molar-refractivity contribution is 9.10. The molecule has 0 saturated heterocycles. The molecule has 0 spiro atoms. The summed E-state index contributed by atoms with van der Waals surface area (Å²) in [6, 6.07) is 10.8. The van der Waals surface area contributed by atoms with Crippen molar-refractivity contribution in [3.05, 3.63) is 75.3 Å². The van der Waals surface area contributed by atoms with Crippen molar-refractivity contribution < 1.29 is 14.3 Å². The van der Waals surface area contributed by atoms with Crippen LogP contribution in [0.4, 0.5) is 4.79 Å². The van der Waals surface area contributed by atoms with Crippen molar-refractivity contribution in [3.63, 3.8) is 0 Å². The van der Waals surface area contributed by atoms with Gasteiger partial charge in [0.05, 0.1) is 0 Å². The topological polar surface area (TPSA) is 94.3 Å². The molecule has 1 unspecified atom stereocenters. The largest absolute Gasteiger partial charge is 0.441 e. The van der Waals surface area contributed by atoms with E-state index in [0.29, 0.717) is 0 Å². The number of nitrogens with zero attached hydrogens (tertiary/aromatic N) is 1. The number of nitrogens with two attached hydrogens (primary N) is 1. The molecule has 0 fully saturated rings. The first-order valence-electron chi connectivity index (χ1n) is 7.95. The van der Waals surface area contributed by atoms with Gasteiger partial charge in [0, 0.05) is 16.4 Å². The predicted molar refractivity (Wildman–Crippen MR) is 102 cm³/mol. The number of rotatable bonds is 5. The minimum atomic E-state index is -0.758. The molecule has 0 bridgehead atoms. The van der Waals surface area contributed by atoms with Gasteiger partial charge in [0.15, 0.2) is 0 Å². The lowest BCUT2D eigenvalue weighted by Gasteiger charge is -2.17. The van der Waals surface area contributed by atoms with Gasteiger partial charge in [0.1, 0.15) is 17.5 Å². The first-order valence-corrected chi connectivity index (χ1v) is 8.74. The van der Waals surface area contributed by atoms with Crippen LogP contribution in [-0.4, -0.2) is 16.9 Å². The van der Waals surface area contributed by atoms with E-state index < -0.39 is 18.0 Å². The summed E-state index contributed by atoms with van der Waals surface area (Å²) >= 11 is 3.26. The highest BCUT2D eigenvalue weighted by Gasteiger charge is 2.21. The minimum absolute atomic E-state index is 0.0539. The van der Waals surface area contributed by atoms with Crippen molar-refractivity contribution in [2.75, 3.05) is 0 Å². The average molecular weight is 418 g/mol. The summed E-state index contributed by atoms with van der Waals surface area (Å²) in [5, 5.41) is 2.44. The van der Waals surface area contributed by atoms with Crippen LogP contribution in [0.3, 0.4) is 0 Å². The van der Waals surface area contributed by atoms with Gasteiger partial charge in [-0.2, -0.15) is 0 Å². The van der Waals surface area contributed by atoms with Crippen molar-refractivity contribution >= 4 is 27.8 Å². The summed E-state index contributed by atoms with van der Waals surface area (Å²) in [7, 11) is 0. The summed E-state index contributed by atoms with van der Waals surface area (Å²) in [6.07, 6.45) is 0.261. The first kappa shape index (κ1) is 19.7. The second kappa shape index (κ2) is 8.62. The molecule has 0 aliphatic carbocycles. The number of halogens is 1. The quantitative estimate of drug-likeness (QED) is 0.565. The van der Waals surface area contributed by atoms with Crippen LogP contribution in [0.5, 0.6) is 0 Å². The third-order valence-corrected chi connectivity index (χ3v) is 4.19. The monoisotopic (exact) mass is 417 g/mol. The van der Waals surface area contributed by atoms with Crippen LogP contribution in [0.2, 0.25) is 0 Å². The van der Waals surface area contributed by atoms with Gasteiger partial charge in [-0.25, -0.2) is 4.79 Å². The molecular formula is C19H20BrN3O3. The van der Waals surface area contributed by atoms with Crippen LogP contribution >= 0.6 is 15.9 Å². The fraction of sp³-hybridized carbons (Fsp3) is 0.211. The smallest absolute Gasteiger partial charge is 0.412 e. The van der Waals surface area contributed by atoms with Crippen molar-refractivity contribution in [2.24, 2.45) is 5.73 Å². The van der Waals surface area contributed by atoms with E-state index in [2.05, 4.69) is 26.2 Å². The Morgan fingerprint density at radius 1 is 1.23 bits per heavy atom. The molecule has 1 amide bonds. The van der Waals surface area contributed by atoms with Gasteiger partial charge < -0.3 is 10.5 Å². The summed E-state index contributed by atoms with van der Waals surface area (Å²) in [5.41, 5.74) is 7.95. The Labute approximate surface area is 160 Å². The Hall–Kier alpha value is -2.67. The van der Waals surface area contributed by atoms with E-state index in [-0.39, 0.29) is 17.1 Å². The van der Waals surface area contributed by atoms with Crippen LogP contribution < -0.4 is 11.1 Å². The number of aromatic nitrogens is 1. The normalized spacial score (nSPS) is 12.8. The van der Waals surface area contributed by atoms with E-state index >= 15 is 0 Å². The third-order valence-electron chi connectivity index (χ3n) is 3.72. The van der Waals surface area contributed by atoms with E-state index in [4.69, 9.17) is 10.5 Å². The van der Waals surface area contributed by atoms with Gasteiger partial charge in [0.25, 0.3) is 0 Å². The molecule has 6 nitrogen and oxygen atoms in total. The number of aryl methyl sites for hydroxylation is 1. The molecule has 1 heterocycles. The van der Waals surface area contributed by atoms with E-state index in [1.165, 1.54) is 13.1 Å². The van der Waals surface area contributed by atoms with Crippen LogP contribution in [0, 0.1) is 6.92 Å². The number of hydrogen-bond acceptors (Lipinski definition) is 5. The maximum absolute atomic E-state index is 12.6. The van der Waals surface area contributed by atoms with Gasteiger partial charge in [-0.05, 0) is 60.0 Å². The number of pyridine rings is 1. The highest BCUT2D eigenvalue weighted by atomic mass is 79.9. The Bertz CT molecular complexity index is 843. The van der Waals surface area contributed by atoms with E-state index in [0.717, 1.165) is 15.6 Å². The zero-order valence-electron chi connectivity index (χ0n) is 14.7. The van der Waals surface area contributed by atoms with Crippen molar-refractivity contribution in [1.29, 1.82) is 0 Å². The number of benzene rings is 1. The molecule has 7 heteroatoms. The summed E-state index contributed by atoms with van der Waals surface area (Å²) < 4.78 is 6.12. The molecule has 0 aliphatic rings. The number of allylic oxidation sites excluding steroid dienone is 2. The van der Waals surface area contributed by atoms with Gasteiger partial charge in [-0.3, -0.25) is 15.1 Å². The molecule has 3 N–H and O–H groups in total.